The van der Waals surface area contributed by atoms with Gasteiger partial charge >= 0.3 is 0 Å². The van der Waals surface area contributed by atoms with Crippen molar-refractivity contribution >= 4 is 5.91 Å². The molecule has 5 heteroatoms. The highest BCUT2D eigenvalue weighted by Gasteiger charge is 2.25. The van der Waals surface area contributed by atoms with Gasteiger partial charge < -0.3 is 10.3 Å². The van der Waals surface area contributed by atoms with Crippen molar-refractivity contribution in [3.05, 3.63) is 45.6 Å². The van der Waals surface area contributed by atoms with E-state index >= 15 is 0 Å². The molecule has 0 aliphatic heterocycles. The molecule has 1 aliphatic rings. The minimum atomic E-state index is -1.06. The maximum absolute atomic E-state index is 12.5. The first-order chi connectivity index (χ1) is 8.49. The van der Waals surface area contributed by atoms with Crippen molar-refractivity contribution in [1.82, 2.24) is 10.3 Å². The predicted octanol–water partition coefficient (Wildman–Crippen LogP) is 1.66. The van der Waals surface area contributed by atoms with Gasteiger partial charge in [-0.25, -0.2) is 4.39 Å². The third-order valence-electron chi connectivity index (χ3n) is 3.07. The molecule has 0 bridgehead atoms. The number of amides is 1. The lowest BCUT2D eigenvalue weighted by atomic mass is 10.1. The van der Waals surface area contributed by atoms with Gasteiger partial charge in [0.15, 0.2) is 5.83 Å². The molecule has 0 saturated heterocycles. The highest BCUT2D eigenvalue weighted by Crippen LogP contribution is 2.38. The second-order valence-electron chi connectivity index (χ2n) is 4.58. The molecule has 1 amide bonds. The summed E-state index contributed by atoms with van der Waals surface area (Å²) in [6.07, 6.45) is 2.21. The van der Waals surface area contributed by atoms with E-state index in [-0.39, 0.29) is 12.1 Å². The summed E-state index contributed by atoms with van der Waals surface area (Å²) >= 11 is 0. The normalized spacial score (nSPS) is 14.3. The Kier molecular flexibility index (Phi) is 3.32. The van der Waals surface area contributed by atoms with Crippen molar-refractivity contribution in [2.75, 3.05) is 0 Å². The van der Waals surface area contributed by atoms with Crippen LogP contribution in [-0.2, 0) is 11.3 Å². The molecule has 2 rings (SSSR count). The third kappa shape index (κ3) is 2.67. The van der Waals surface area contributed by atoms with Crippen LogP contribution in [0.4, 0.5) is 4.39 Å². The van der Waals surface area contributed by atoms with Gasteiger partial charge in [-0.3, -0.25) is 9.59 Å². The summed E-state index contributed by atoms with van der Waals surface area (Å²) in [5.74, 6) is -1.48. The fourth-order valence-corrected chi connectivity index (χ4v) is 1.84. The van der Waals surface area contributed by atoms with Crippen LogP contribution in [0.3, 0.4) is 0 Å². The number of carbonyl (C=O) groups is 1. The van der Waals surface area contributed by atoms with Crippen LogP contribution in [-0.4, -0.2) is 10.9 Å². The molecule has 1 fully saturated rings. The smallest absolute Gasteiger partial charge is 0.279 e. The summed E-state index contributed by atoms with van der Waals surface area (Å²) < 4.78 is 12.5. The number of carbonyl (C=O) groups excluding carboxylic acids is 1. The van der Waals surface area contributed by atoms with Crippen LogP contribution in [0.5, 0.6) is 0 Å². The number of nitrogens with one attached hydrogen (secondary N) is 2. The van der Waals surface area contributed by atoms with E-state index in [9.17, 15) is 14.0 Å². The van der Waals surface area contributed by atoms with Crippen molar-refractivity contribution in [3.8, 4) is 0 Å². The summed E-state index contributed by atoms with van der Waals surface area (Å²) in [4.78, 5) is 25.7. The van der Waals surface area contributed by atoms with E-state index in [1.165, 1.54) is 0 Å². The van der Waals surface area contributed by atoms with Gasteiger partial charge in [0.05, 0.1) is 0 Å². The van der Waals surface area contributed by atoms with E-state index in [1.54, 1.807) is 0 Å². The number of hydrogen-bond donors (Lipinski definition) is 2. The number of pyridine rings is 1. The standard InChI is InChI=1S/C13H15FN2O2/c1-7-5-11(9-3-4-9)16-13(18)10(7)6-15-12(17)8(2)14/h5,9H,2-4,6H2,1H3,(H,15,17)(H,16,18). The van der Waals surface area contributed by atoms with Crippen LogP contribution in [0.25, 0.3) is 0 Å². The number of aryl methyl sites for hydroxylation is 1. The Hall–Kier alpha value is -1.91. The Bertz CT molecular complexity index is 559. The number of halogens is 1. The van der Waals surface area contributed by atoms with Crippen molar-refractivity contribution in [3.63, 3.8) is 0 Å². The zero-order valence-corrected chi connectivity index (χ0v) is 10.2. The molecular formula is C13H15FN2O2. The molecule has 0 radical (unpaired) electrons. The molecule has 0 unspecified atom stereocenters. The monoisotopic (exact) mass is 250 g/mol. The molecule has 1 aromatic rings. The van der Waals surface area contributed by atoms with Crippen molar-refractivity contribution in [1.29, 1.82) is 0 Å². The minimum Gasteiger partial charge on any atom is -0.346 e. The largest absolute Gasteiger partial charge is 0.346 e. The first-order valence-electron chi connectivity index (χ1n) is 5.84. The Morgan fingerprint density at radius 1 is 1.61 bits per heavy atom. The molecule has 1 heterocycles. The molecule has 4 nitrogen and oxygen atoms in total. The summed E-state index contributed by atoms with van der Waals surface area (Å²) in [5.41, 5.74) is 1.99. The first-order valence-corrected chi connectivity index (χ1v) is 5.84. The van der Waals surface area contributed by atoms with Gasteiger partial charge in [0.1, 0.15) is 0 Å². The molecule has 0 atom stereocenters. The maximum atomic E-state index is 12.5. The van der Waals surface area contributed by atoms with Crippen LogP contribution in [0.2, 0.25) is 0 Å². The van der Waals surface area contributed by atoms with Crippen LogP contribution in [0, 0.1) is 6.92 Å². The topological polar surface area (TPSA) is 62.0 Å². The van der Waals surface area contributed by atoms with Gasteiger partial charge in [-0.15, -0.1) is 0 Å². The number of rotatable bonds is 4. The van der Waals surface area contributed by atoms with Gasteiger partial charge in [-0.2, -0.15) is 0 Å². The van der Waals surface area contributed by atoms with Gasteiger partial charge in [-0.05, 0) is 37.3 Å². The predicted molar refractivity (Wildman–Crippen MR) is 65.9 cm³/mol. The zero-order chi connectivity index (χ0) is 13.3. The molecule has 1 aromatic heterocycles. The van der Waals surface area contributed by atoms with Gasteiger partial charge in [0.2, 0.25) is 0 Å². The van der Waals surface area contributed by atoms with Crippen molar-refractivity contribution < 1.29 is 9.18 Å². The third-order valence-corrected chi connectivity index (χ3v) is 3.07. The van der Waals surface area contributed by atoms with E-state index in [0.29, 0.717) is 11.5 Å². The van der Waals surface area contributed by atoms with E-state index < -0.39 is 11.7 Å². The van der Waals surface area contributed by atoms with Gasteiger partial charge in [0, 0.05) is 17.8 Å². The molecule has 0 aromatic carbocycles. The summed E-state index contributed by atoms with van der Waals surface area (Å²) in [6, 6.07) is 1.92. The summed E-state index contributed by atoms with van der Waals surface area (Å²) in [5, 5.41) is 2.31. The fourth-order valence-electron chi connectivity index (χ4n) is 1.84. The Balaban J connectivity index is 2.15. The second-order valence-corrected chi connectivity index (χ2v) is 4.58. The van der Waals surface area contributed by atoms with Gasteiger partial charge in [-0.1, -0.05) is 6.58 Å². The lowest BCUT2D eigenvalue weighted by Gasteiger charge is -2.08. The molecule has 2 N–H and O–H groups in total. The lowest BCUT2D eigenvalue weighted by Crippen LogP contribution is -2.28. The van der Waals surface area contributed by atoms with E-state index in [0.717, 1.165) is 24.1 Å². The van der Waals surface area contributed by atoms with Crippen LogP contribution < -0.4 is 10.9 Å². The minimum absolute atomic E-state index is 0.00782. The second kappa shape index (κ2) is 4.76. The van der Waals surface area contributed by atoms with Crippen LogP contribution >= 0.6 is 0 Å². The quantitative estimate of drug-likeness (QED) is 0.798. The lowest BCUT2D eigenvalue weighted by molar-refractivity contribution is -0.119. The van der Waals surface area contributed by atoms with Crippen LogP contribution in [0.15, 0.2) is 23.3 Å². The Morgan fingerprint density at radius 3 is 2.78 bits per heavy atom. The highest BCUT2D eigenvalue weighted by molar-refractivity contribution is 5.90. The molecule has 0 spiro atoms. The Morgan fingerprint density at radius 2 is 2.28 bits per heavy atom. The average molecular weight is 250 g/mol. The molecule has 1 aliphatic carbocycles. The number of hydrogen-bond acceptors (Lipinski definition) is 2. The van der Waals surface area contributed by atoms with E-state index in [1.807, 2.05) is 13.0 Å². The molecular weight excluding hydrogens is 235 g/mol. The van der Waals surface area contributed by atoms with Crippen molar-refractivity contribution in [2.45, 2.75) is 32.2 Å². The fraction of sp³-hybridized carbons (Fsp3) is 0.385. The number of aromatic amines is 1. The molecule has 1 saturated carbocycles. The summed E-state index contributed by atoms with van der Waals surface area (Å²) in [7, 11) is 0. The molecule has 96 valence electrons. The SMILES string of the molecule is C=C(F)C(=O)NCc1c(C)cc(C2CC2)[nH]c1=O. The van der Waals surface area contributed by atoms with Crippen molar-refractivity contribution in [2.24, 2.45) is 0 Å². The first kappa shape index (κ1) is 12.5. The highest BCUT2D eigenvalue weighted by atomic mass is 19.1. The zero-order valence-electron chi connectivity index (χ0n) is 10.2. The Labute approximate surface area is 104 Å². The summed E-state index contributed by atoms with van der Waals surface area (Å²) in [6.45, 7) is 4.71. The average Bonchev–Trinajstić information content (AvgIpc) is 3.10. The van der Waals surface area contributed by atoms with Crippen LogP contribution in [0.1, 0.15) is 35.6 Å². The number of aromatic nitrogens is 1. The van der Waals surface area contributed by atoms with E-state index in [2.05, 4.69) is 16.9 Å². The van der Waals surface area contributed by atoms with E-state index in [4.69, 9.17) is 0 Å². The number of H-pyrrole nitrogens is 1. The maximum Gasteiger partial charge on any atom is 0.279 e. The van der Waals surface area contributed by atoms with Gasteiger partial charge in [0.25, 0.3) is 11.5 Å². The molecule has 18 heavy (non-hydrogen) atoms.